The minimum Gasteiger partial charge on any atom is -0.396 e. The number of aliphatic hydroxyl groups is 1. The highest BCUT2D eigenvalue weighted by Gasteiger charge is 2.78. The van der Waals surface area contributed by atoms with E-state index in [9.17, 15) is 19.5 Å². The number of carbonyl (C=O) groups excluding carboxylic acids is 3. The van der Waals surface area contributed by atoms with E-state index >= 15 is 0 Å². The minimum absolute atomic E-state index is 0.0248. The number of benzene rings is 1. The Bertz CT molecular complexity index is 907. The third kappa shape index (κ3) is 3.83. The van der Waals surface area contributed by atoms with Crippen LogP contribution in [0, 0.1) is 11.8 Å². The largest absolute Gasteiger partial charge is 0.396 e. The number of nitrogens with zero attached hydrogens (tertiary/aromatic N) is 1. The zero-order valence-electron chi connectivity index (χ0n) is 19.7. The molecule has 3 aliphatic heterocycles. The van der Waals surface area contributed by atoms with E-state index in [1.165, 1.54) is 0 Å². The standard InChI is InChI=1S/C25H35N3O5/c1-4-24-12-13-25(33-24)19(18(24)21(30)27-17-10-6-5-7-11-17)23(32)28(14-8-9-15-29)20(25)22(31)26-16(2)3/h5-7,10-11,16,18-20,29H,4,8-9,12-15H2,1-3H3,(H,26,31)(H,27,30)/t18-,19+,20?,24+,25?/m1/s1. The number of hydrogen-bond donors (Lipinski definition) is 3. The number of anilines is 1. The number of amides is 3. The highest BCUT2D eigenvalue weighted by molar-refractivity contribution is 6.02. The van der Waals surface area contributed by atoms with E-state index < -0.39 is 29.1 Å². The van der Waals surface area contributed by atoms with Crippen molar-refractivity contribution in [1.29, 1.82) is 0 Å². The van der Waals surface area contributed by atoms with Gasteiger partial charge in [0.2, 0.25) is 17.7 Å². The van der Waals surface area contributed by atoms with Crippen molar-refractivity contribution in [1.82, 2.24) is 10.2 Å². The molecule has 180 valence electrons. The molecule has 3 N–H and O–H groups in total. The molecule has 0 aromatic heterocycles. The highest BCUT2D eigenvalue weighted by Crippen LogP contribution is 2.64. The average molecular weight is 458 g/mol. The topological polar surface area (TPSA) is 108 Å². The van der Waals surface area contributed by atoms with Crippen LogP contribution in [0.4, 0.5) is 5.69 Å². The summed E-state index contributed by atoms with van der Waals surface area (Å²) in [5.74, 6) is -2.03. The minimum atomic E-state index is -1.01. The Morgan fingerprint density at radius 2 is 1.91 bits per heavy atom. The number of nitrogens with one attached hydrogen (secondary N) is 2. The van der Waals surface area contributed by atoms with Crippen LogP contribution in [0.1, 0.15) is 52.9 Å². The van der Waals surface area contributed by atoms with E-state index in [2.05, 4.69) is 10.6 Å². The van der Waals surface area contributed by atoms with Crippen molar-refractivity contribution >= 4 is 23.4 Å². The van der Waals surface area contributed by atoms with E-state index in [0.717, 1.165) is 0 Å². The predicted octanol–water partition coefficient (Wildman–Crippen LogP) is 2.08. The van der Waals surface area contributed by atoms with Crippen LogP contribution >= 0.6 is 0 Å². The molecule has 3 fully saturated rings. The van der Waals surface area contributed by atoms with Gasteiger partial charge in [-0.15, -0.1) is 0 Å². The first kappa shape index (κ1) is 23.7. The first-order chi connectivity index (χ1) is 15.8. The SMILES string of the molecule is CC[C@@]12CCC3(O1)C(C(=O)NC(C)C)N(CCCCO)C(=O)[C@@H]3[C@@H]2C(=O)Nc1ccccc1. The molecular weight excluding hydrogens is 422 g/mol. The second-order valence-corrected chi connectivity index (χ2v) is 9.81. The molecule has 0 aliphatic carbocycles. The molecule has 3 saturated heterocycles. The number of ether oxygens (including phenoxy) is 1. The number of hydrogen-bond acceptors (Lipinski definition) is 5. The molecule has 4 rings (SSSR count). The number of para-hydroxylation sites is 1. The van der Waals surface area contributed by atoms with Crippen molar-refractivity contribution in [3.63, 3.8) is 0 Å². The van der Waals surface area contributed by atoms with Gasteiger partial charge >= 0.3 is 0 Å². The molecular formula is C25H35N3O5. The van der Waals surface area contributed by atoms with Gasteiger partial charge in [-0.2, -0.15) is 0 Å². The van der Waals surface area contributed by atoms with Crippen molar-refractivity contribution < 1.29 is 24.2 Å². The Balaban J connectivity index is 1.71. The maximum atomic E-state index is 13.8. The lowest BCUT2D eigenvalue weighted by Gasteiger charge is -2.34. The van der Waals surface area contributed by atoms with Crippen molar-refractivity contribution in [3.8, 4) is 0 Å². The molecule has 1 aromatic carbocycles. The normalized spacial score (nSPS) is 32.3. The van der Waals surface area contributed by atoms with Gasteiger partial charge in [0.25, 0.3) is 0 Å². The summed E-state index contributed by atoms with van der Waals surface area (Å²) >= 11 is 0. The number of aliphatic hydroxyl groups excluding tert-OH is 1. The number of fused-ring (bicyclic) bond motifs is 1. The smallest absolute Gasteiger partial charge is 0.246 e. The second kappa shape index (κ2) is 9.06. The summed E-state index contributed by atoms with van der Waals surface area (Å²) in [6.07, 6.45) is 2.91. The fourth-order valence-electron chi connectivity index (χ4n) is 6.16. The van der Waals surface area contributed by atoms with E-state index in [0.29, 0.717) is 44.3 Å². The first-order valence-corrected chi connectivity index (χ1v) is 12.1. The highest BCUT2D eigenvalue weighted by atomic mass is 16.5. The molecule has 1 spiro atoms. The molecule has 5 atom stereocenters. The predicted molar refractivity (Wildman–Crippen MR) is 123 cm³/mol. The lowest BCUT2D eigenvalue weighted by Crippen LogP contribution is -2.56. The van der Waals surface area contributed by atoms with Gasteiger partial charge in [0.1, 0.15) is 11.6 Å². The molecule has 0 radical (unpaired) electrons. The fourth-order valence-corrected chi connectivity index (χ4v) is 6.16. The molecule has 33 heavy (non-hydrogen) atoms. The zero-order chi connectivity index (χ0) is 23.8. The van der Waals surface area contributed by atoms with Crippen molar-refractivity contribution in [2.45, 2.75) is 76.2 Å². The number of unbranched alkanes of at least 4 members (excludes halogenated alkanes) is 1. The van der Waals surface area contributed by atoms with Crippen LogP contribution in [-0.2, 0) is 19.1 Å². The Hall–Kier alpha value is -2.45. The summed E-state index contributed by atoms with van der Waals surface area (Å²) in [6, 6.07) is 8.34. The van der Waals surface area contributed by atoms with Crippen LogP contribution in [0.3, 0.4) is 0 Å². The van der Waals surface area contributed by atoms with Crippen molar-refractivity contribution in [2.75, 3.05) is 18.5 Å². The van der Waals surface area contributed by atoms with Gasteiger partial charge in [0.05, 0.1) is 17.4 Å². The Kier molecular flexibility index (Phi) is 6.51. The quantitative estimate of drug-likeness (QED) is 0.492. The van der Waals surface area contributed by atoms with Crippen LogP contribution in [0.5, 0.6) is 0 Å². The van der Waals surface area contributed by atoms with Crippen molar-refractivity contribution in [2.24, 2.45) is 11.8 Å². The number of carbonyl (C=O) groups is 3. The maximum Gasteiger partial charge on any atom is 0.246 e. The average Bonchev–Trinajstić information content (AvgIpc) is 3.38. The van der Waals surface area contributed by atoms with Gasteiger partial charge in [-0.05, 0) is 58.1 Å². The Morgan fingerprint density at radius 3 is 2.55 bits per heavy atom. The molecule has 2 bridgehead atoms. The Morgan fingerprint density at radius 1 is 1.18 bits per heavy atom. The fraction of sp³-hybridized carbons (Fsp3) is 0.640. The maximum absolute atomic E-state index is 13.8. The Labute approximate surface area is 195 Å². The summed E-state index contributed by atoms with van der Waals surface area (Å²) in [5.41, 5.74) is -1.10. The molecule has 1 aromatic rings. The summed E-state index contributed by atoms with van der Waals surface area (Å²) in [6.45, 7) is 6.13. The molecule has 8 heteroatoms. The van der Waals surface area contributed by atoms with E-state index in [-0.39, 0.29) is 30.4 Å². The third-order valence-electron chi connectivity index (χ3n) is 7.49. The molecule has 2 unspecified atom stereocenters. The lowest BCUT2D eigenvalue weighted by molar-refractivity contribution is -0.146. The summed E-state index contributed by atoms with van der Waals surface area (Å²) in [5, 5.41) is 15.2. The molecule has 0 saturated carbocycles. The van der Waals surface area contributed by atoms with Crippen LogP contribution in [0.25, 0.3) is 0 Å². The molecule has 3 amide bonds. The van der Waals surface area contributed by atoms with E-state index in [1.54, 1.807) is 4.90 Å². The summed E-state index contributed by atoms with van der Waals surface area (Å²) in [4.78, 5) is 42.4. The van der Waals surface area contributed by atoms with Crippen LogP contribution in [-0.4, -0.2) is 64.2 Å². The molecule has 8 nitrogen and oxygen atoms in total. The van der Waals surface area contributed by atoms with Crippen LogP contribution in [0.15, 0.2) is 30.3 Å². The third-order valence-corrected chi connectivity index (χ3v) is 7.49. The van der Waals surface area contributed by atoms with Gasteiger partial charge < -0.3 is 25.4 Å². The lowest BCUT2D eigenvalue weighted by atomic mass is 9.65. The summed E-state index contributed by atoms with van der Waals surface area (Å²) in [7, 11) is 0. The molecule has 3 aliphatic rings. The van der Waals surface area contributed by atoms with Gasteiger partial charge in [-0.3, -0.25) is 14.4 Å². The van der Waals surface area contributed by atoms with Crippen LogP contribution in [0.2, 0.25) is 0 Å². The monoisotopic (exact) mass is 457 g/mol. The second-order valence-electron chi connectivity index (χ2n) is 9.81. The first-order valence-electron chi connectivity index (χ1n) is 12.1. The van der Waals surface area contributed by atoms with Gasteiger partial charge in [-0.1, -0.05) is 25.1 Å². The van der Waals surface area contributed by atoms with E-state index in [4.69, 9.17) is 4.74 Å². The van der Waals surface area contributed by atoms with E-state index in [1.807, 2.05) is 51.1 Å². The van der Waals surface area contributed by atoms with Gasteiger partial charge in [-0.25, -0.2) is 0 Å². The summed E-state index contributed by atoms with van der Waals surface area (Å²) < 4.78 is 6.68. The van der Waals surface area contributed by atoms with Crippen molar-refractivity contribution in [3.05, 3.63) is 30.3 Å². The van der Waals surface area contributed by atoms with Gasteiger partial charge in [0, 0.05) is 24.9 Å². The molecule has 3 heterocycles. The number of rotatable bonds is 9. The van der Waals surface area contributed by atoms with Crippen LogP contribution < -0.4 is 10.6 Å². The zero-order valence-corrected chi connectivity index (χ0v) is 19.7. The van der Waals surface area contributed by atoms with Gasteiger partial charge in [0.15, 0.2) is 0 Å². The number of likely N-dealkylation sites (tertiary alicyclic amines) is 1.